The zero-order chi connectivity index (χ0) is 11.9. The number of rotatable bonds is 6. The molecule has 0 bridgehead atoms. The molecule has 1 unspecified atom stereocenters. The van der Waals surface area contributed by atoms with Gasteiger partial charge in [-0.2, -0.15) is 23.1 Å². The minimum Gasteiger partial charge on any atom is -0.314 e. The van der Waals surface area contributed by atoms with E-state index in [-0.39, 0.29) is 0 Å². The molecule has 0 aromatic carbocycles. The van der Waals surface area contributed by atoms with Crippen LogP contribution >= 0.6 is 23.1 Å². The van der Waals surface area contributed by atoms with E-state index in [1.54, 1.807) is 0 Å². The van der Waals surface area contributed by atoms with E-state index in [1.165, 1.54) is 42.8 Å². The second-order valence-electron chi connectivity index (χ2n) is 4.88. The van der Waals surface area contributed by atoms with Gasteiger partial charge in [0.05, 0.1) is 0 Å². The first kappa shape index (κ1) is 13.4. The largest absolute Gasteiger partial charge is 0.314 e. The number of thioether (sulfide) groups is 1. The Hall–Kier alpha value is 0.01000. The van der Waals surface area contributed by atoms with Crippen molar-refractivity contribution >= 4 is 23.1 Å². The lowest BCUT2D eigenvalue weighted by Crippen LogP contribution is -2.33. The maximum absolute atomic E-state index is 3.67. The SMILES string of the molecule is CCNC(Cc1ccsc1)CC1CCSCC1. The molecule has 2 rings (SSSR count). The fourth-order valence-electron chi connectivity index (χ4n) is 2.61. The average Bonchev–Trinajstić information content (AvgIpc) is 2.83. The molecule has 1 aliphatic heterocycles. The Kier molecular flexibility index (Phi) is 5.89. The quantitative estimate of drug-likeness (QED) is 0.843. The van der Waals surface area contributed by atoms with Crippen LogP contribution in [-0.2, 0) is 6.42 Å². The van der Waals surface area contributed by atoms with Crippen LogP contribution in [0.1, 0.15) is 31.7 Å². The van der Waals surface area contributed by atoms with E-state index in [9.17, 15) is 0 Å². The number of thiophene rings is 1. The first-order valence-corrected chi connectivity index (χ1v) is 8.80. The minimum atomic E-state index is 0.683. The highest BCUT2D eigenvalue weighted by atomic mass is 32.2. The van der Waals surface area contributed by atoms with Crippen LogP contribution in [-0.4, -0.2) is 24.1 Å². The fourth-order valence-corrected chi connectivity index (χ4v) is 4.49. The Morgan fingerprint density at radius 2 is 2.24 bits per heavy atom. The zero-order valence-corrected chi connectivity index (χ0v) is 12.3. The second kappa shape index (κ2) is 7.45. The van der Waals surface area contributed by atoms with Crippen molar-refractivity contribution in [2.45, 2.75) is 38.6 Å². The summed E-state index contributed by atoms with van der Waals surface area (Å²) in [6, 6.07) is 2.95. The van der Waals surface area contributed by atoms with Crippen LogP contribution in [0.2, 0.25) is 0 Å². The minimum absolute atomic E-state index is 0.683. The molecule has 1 atom stereocenters. The van der Waals surface area contributed by atoms with E-state index in [2.05, 4.69) is 40.8 Å². The van der Waals surface area contributed by atoms with E-state index in [0.29, 0.717) is 6.04 Å². The molecule has 2 heterocycles. The van der Waals surface area contributed by atoms with Crippen LogP contribution < -0.4 is 5.32 Å². The van der Waals surface area contributed by atoms with Crippen molar-refractivity contribution in [2.24, 2.45) is 5.92 Å². The zero-order valence-electron chi connectivity index (χ0n) is 10.7. The predicted octanol–water partition coefficient (Wildman–Crippen LogP) is 3.80. The van der Waals surface area contributed by atoms with Gasteiger partial charge in [-0.05, 0) is 72.0 Å². The molecule has 1 nitrogen and oxygen atoms in total. The summed E-state index contributed by atoms with van der Waals surface area (Å²) in [5.74, 6) is 3.71. The summed E-state index contributed by atoms with van der Waals surface area (Å²) in [7, 11) is 0. The Labute approximate surface area is 113 Å². The lowest BCUT2D eigenvalue weighted by molar-refractivity contribution is 0.366. The van der Waals surface area contributed by atoms with Crippen LogP contribution in [0.15, 0.2) is 16.8 Å². The predicted molar refractivity (Wildman–Crippen MR) is 80.2 cm³/mol. The molecule has 1 N–H and O–H groups in total. The summed E-state index contributed by atoms with van der Waals surface area (Å²) in [5.41, 5.74) is 1.51. The third-order valence-corrected chi connectivity index (χ3v) is 5.29. The highest BCUT2D eigenvalue weighted by molar-refractivity contribution is 7.99. The third-order valence-electron chi connectivity index (χ3n) is 3.51. The van der Waals surface area contributed by atoms with Gasteiger partial charge in [-0.1, -0.05) is 6.92 Å². The molecule has 0 radical (unpaired) electrons. The van der Waals surface area contributed by atoms with Crippen molar-refractivity contribution in [3.8, 4) is 0 Å². The van der Waals surface area contributed by atoms with Crippen LogP contribution in [0, 0.1) is 5.92 Å². The van der Waals surface area contributed by atoms with Crippen molar-refractivity contribution in [1.29, 1.82) is 0 Å². The molecule has 1 aromatic heterocycles. The second-order valence-corrected chi connectivity index (χ2v) is 6.89. The van der Waals surface area contributed by atoms with Gasteiger partial charge in [0.2, 0.25) is 0 Å². The van der Waals surface area contributed by atoms with Gasteiger partial charge in [0, 0.05) is 6.04 Å². The first-order chi connectivity index (χ1) is 8.38. The van der Waals surface area contributed by atoms with E-state index in [1.807, 2.05) is 11.3 Å². The Morgan fingerprint density at radius 3 is 2.88 bits per heavy atom. The molecule has 1 fully saturated rings. The number of hydrogen-bond acceptors (Lipinski definition) is 3. The molecule has 1 saturated heterocycles. The van der Waals surface area contributed by atoms with Crippen molar-refractivity contribution in [3.63, 3.8) is 0 Å². The van der Waals surface area contributed by atoms with Gasteiger partial charge in [-0.15, -0.1) is 0 Å². The topological polar surface area (TPSA) is 12.0 Å². The van der Waals surface area contributed by atoms with Crippen molar-refractivity contribution in [2.75, 3.05) is 18.1 Å². The van der Waals surface area contributed by atoms with Crippen LogP contribution in [0.3, 0.4) is 0 Å². The van der Waals surface area contributed by atoms with Gasteiger partial charge < -0.3 is 5.32 Å². The molecule has 1 aromatic rings. The van der Waals surface area contributed by atoms with Crippen molar-refractivity contribution < 1.29 is 0 Å². The molecule has 1 aliphatic rings. The summed E-state index contributed by atoms with van der Waals surface area (Å²) in [6.07, 6.45) is 5.43. The summed E-state index contributed by atoms with van der Waals surface area (Å²) >= 11 is 3.94. The van der Waals surface area contributed by atoms with Crippen molar-refractivity contribution in [3.05, 3.63) is 22.4 Å². The number of nitrogens with one attached hydrogen (secondary N) is 1. The van der Waals surface area contributed by atoms with E-state index >= 15 is 0 Å². The Bertz CT molecular complexity index is 291. The maximum atomic E-state index is 3.67. The molecular formula is C14H23NS2. The normalized spacial score (nSPS) is 19.4. The van der Waals surface area contributed by atoms with E-state index < -0.39 is 0 Å². The smallest absolute Gasteiger partial charge is 0.0110 e. The molecule has 0 amide bonds. The average molecular weight is 269 g/mol. The molecular weight excluding hydrogens is 246 g/mol. The molecule has 17 heavy (non-hydrogen) atoms. The molecule has 0 saturated carbocycles. The fraction of sp³-hybridized carbons (Fsp3) is 0.714. The van der Waals surface area contributed by atoms with Crippen LogP contribution in [0.5, 0.6) is 0 Å². The lowest BCUT2D eigenvalue weighted by Gasteiger charge is -2.26. The Balaban J connectivity index is 1.83. The highest BCUT2D eigenvalue weighted by Crippen LogP contribution is 2.27. The lowest BCUT2D eigenvalue weighted by atomic mass is 9.91. The maximum Gasteiger partial charge on any atom is 0.0110 e. The van der Waals surface area contributed by atoms with Gasteiger partial charge in [-0.25, -0.2) is 0 Å². The molecule has 0 aliphatic carbocycles. The molecule has 3 heteroatoms. The number of hydrogen-bond donors (Lipinski definition) is 1. The van der Waals surface area contributed by atoms with Gasteiger partial charge in [0.1, 0.15) is 0 Å². The van der Waals surface area contributed by atoms with Gasteiger partial charge in [0.25, 0.3) is 0 Å². The van der Waals surface area contributed by atoms with Crippen molar-refractivity contribution in [1.82, 2.24) is 5.32 Å². The third kappa shape index (κ3) is 4.65. The molecule has 0 spiro atoms. The summed E-state index contributed by atoms with van der Waals surface area (Å²) in [4.78, 5) is 0. The summed E-state index contributed by atoms with van der Waals surface area (Å²) < 4.78 is 0. The first-order valence-electron chi connectivity index (χ1n) is 6.70. The molecule has 96 valence electrons. The summed E-state index contributed by atoms with van der Waals surface area (Å²) in [5, 5.41) is 8.15. The highest BCUT2D eigenvalue weighted by Gasteiger charge is 2.18. The van der Waals surface area contributed by atoms with Gasteiger partial charge in [0.15, 0.2) is 0 Å². The van der Waals surface area contributed by atoms with Gasteiger partial charge >= 0.3 is 0 Å². The van der Waals surface area contributed by atoms with E-state index in [0.717, 1.165) is 12.5 Å². The Morgan fingerprint density at radius 1 is 1.41 bits per heavy atom. The van der Waals surface area contributed by atoms with Crippen LogP contribution in [0.4, 0.5) is 0 Å². The van der Waals surface area contributed by atoms with Crippen LogP contribution in [0.25, 0.3) is 0 Å². The summed E-state index contributed by atoms with van der Waals surface area (Å²) in [6.45, 7) is 3.31. The monoisotopic (exact) mass is 269 g/mol. The van der Waals surface area contributed by atoms with E-state index in [4.69, 9.17) is 0 Å². The number of likely N-dealkylation sites (N-methyl/N-ethyl adjacent to an activating group) is 1. The standard InChI is InChI=1S/C14H23NS2/c1-2-15-14(10-13-5-8-17-11-13)9-12-3-6-16-7-4-12/h5,8,11-12,14-15H,2-4,6-7,9-10H2,1H3. The van der Waals surface area contributed by atoms with Gasteiger partial charge in [-0.3, -0.25) is 0 Å².